The van der Waals surface area contributed by atoms with Crippen LogP contribution in [-0.4, -0.2) is 24.7 Å². The Hall–Kier alpha value is -3.55. The second-order valence-corrected chi connectivity index (χ2v) is 7.86. The number of benzene rings is 2. The molecule has 0 bridgehead atoms. The van der Waals surface area contributed by atoms with Crippen molar-refractivity contribution in [2.24, 2.45) is 11.7 Å². The lowest BCUT2D eigenvalue weighted by Crippen LogP contribution is -2.18. The fraction of sp³-hybridized carbons (Fsp3) is 0.304. The number of carbonyl (C=O) groups excluding carboxylic acids is 2. The maximum absolute atomic E-state index is 13.4. The summed E-state index contributed by atoms with van der Waals surface area (Å²) in [6, 6.07) is 8.89. The van der Waals surface area contributed by atoms with Gasteiger partial charge in [0.1, 0.15) is 28.5 Å². The number of hydrogen-bond acceptors (Lipinski definition) is 6. The maximum atomic E-state index is 13.4. The van der Waals surface area contributed by atoms with Crippen molar-refractivity contribution in [3.63, 3.8) is 0 Å². The van der Waals surface area contributed by atoms with Gasteiger partial charge in [0.15, 0.2) is 0 Å². The van der Waals surface area contributed by atoms with Crippen LogP contribution in [0.3, 0.4) is 0 Å². The molecular formula is C23H23FN2O5. The van der Waals surface area contributed by atoms with Crippen molar-refractivity contribution in [2.45, 2.75) is 32.8 Å². The summed E-state index contributed by atoms with van der Waals surface area (Å²) in [5, 5.41) is 3.79. The van der Waals surface area contributed by atoms with Gasteiger partial charge in [0.05, 0.1) is 11.8 Å². The van der Waals surface area contributed by atoms with E-state index in [0.29, 0.717) is 28.2 Å². The third-order valence-corrected chi connectivity index (χ3v) is 4.93. The topological polar surface area (TPSA) is 104 Å². The number of esters is 1. The average Bonchev–Trinajstić information content (AvgIpc) is 3.45. The van der Waals surface area contributed by atoms with Crippen molar-refractivity contribution < 1.29 is 27.9 Å². The van der Waals surface area contributed by atoms with Crippen LogP contribution in [0.2, 0.25) is 0 Å². The molecule has 8 heteroatoms. The Bertz CT molecular complexity index is 1130. The number of ether oxygens (including phenoxy) is 2. The molecule has 0 saturated heterocycles. The number of carbonyl (C=O) groups is 2. The predicted octanol–water partition coefficient (Wildman–Crippen LogP) is 5.08. The molecule has 31 heavy (non-hydrogen) atoms. The van der Waals surface area contributed by atoms with E-state index in [1.165, 1.54) is 37.1 Å². The highest BCUT2D eigenvalue weighted by Gasteiger charge is 2.27. The molecule has 7 nitrogen and oxygen atoms in total. The molecule has 1 aliphatic carbocycles. The lowest BCUT2D eigenvalue weighted by molar-refractivity contribution is 0.0640. The molecule has 0 aliphatic heterocycles. The van der Waals surface area contributed by atoms with E-state index in [1.807, 2.05) is 13.8 Å². The standard InChI is InChI=1S/C23H23FN2O5/c1-12(2)29-19-9-16-18(10-17(19)26-11-13-3-4-13)30-21(14-5-7-15(24)8-6-14)20(16)22(27)31-23(25)28/h5-10,12-13,26H,3-4,11H2,1-2H3,(H2,25,28). The first kappa shape index (κ1) is 20.7. The number of rotatable bonds is 7. The Morgan fingerprint density at radius 3 is 2.55 bits per heavy atom. The first-order chi connectivity index (χ1) is 14.8. The van der Waals surface area contributed by atoms with Crippen LogP contribution in [0.5, 0.6) is 5.75 Å². The number of anilines is 1. The average molecular weight is 426 g/mol. The van der Waals surface area contributed by atoms with Gasteiger partial charge >= 0.3 is 12.1 Å². The minimum Gasteiger partial charge on any atom is -0.489 e. The molecule has 1 aromatic heterocycles. The maximum Gasteiger partial charge on any atom is 0.412 e. The van der Waals surface area contributed by atoms with Crippen molar-refractivity contribution >= 4 is 28.7 Å². The first-order valence-electron chi connectivity index (χ1n) is 10.1. The molecule has 1 aliphatic rings. The summed E-state index contributed by atoms with van der Waals surface area (Å²) in [6.07, 6.45) is 1.04. The number of furan rings is 1. The van der Waals surface area contributed by atoms with Crippen LogP contribution in [0.15, 0.2) is 40.8 Å². The van der Waals surface area contributed by atoms with Gasteiger partial charge < -0.3 is 24.9 Å². The molecule has 3 aromatic rings. The van der Waals surface area contributed by atoms with Crippen molar-refractivity contribution in [3.05, 3.63) is 47.8 Å². The van der Waals surface area contributed by atoms with Gasteiger partial charge in [0, 0.05) is 23.6 Å². The number of hydrogen-bond donors (Lipinski definition) is 2. The number of primary amides is 1. The zero-order valence-corrected chi connectivity index (χ0v) is 17.2. The lowest BCUT2D eigenvalue weighted by atomic mass is 10.0. The smallest absolute Gasteiger partial charge is 0.412 e. The van der Waals surface area contributed by atoms with Crippen LogP contribution in [0.4, 0.5) is 14.9 Å². The van der Waals surface area contributed by atoms with Gasteiger partial charge in [-0.15, -0.1) is 0 Å². The van der Waals surface area contributed by atoms with Crippen LogP contribution in [0.25, 0.3) is 22.3 Å². The number of nitrogens with one attached hydrogen (secondary N) is 1. The normalized spacial score (nSPS) is 13.4. The predicted molar refractivity (Wildman–Crippen MR) is 114 cm³/mol. The van der Waals surface area contributed by atoms with E-state index in [-0.39, 0.29) is 17.4 Å². The highest BCUT2D eigenvalue weighted by Crippen LogP contribution is 2.40. The van der Waals surface area contributed by atoms with Gasteiger partial charge in [-0.25, -0.2) is 14.0 Å². The second-order valence-electron chi connectivity index (χ2n) is 7.86. The van der Waals surface area contributed by atoms with Gasteiger partial charge in [-0.2, -0.15) is 0 Å². The Morgan fingerprint density at radius 1 is 1.23 bits per heavy atom. The van der Waals surface area contributed by atoms with E-state index in [1.54, 1.807) is 12.1 Å². The van der Waals surface area contributed by atoms with Gasteiger partial charge in [-0.05, 0) is 62.9 Å². The molecule has 1 heterocycles. The summed E-state index contributed by atoms with van der Waals surface area (Å²) in [6.45, 7) is 4.61. The first-order valence-corrected chi connectivity index (χ1v) is 10.1. The van der Waals surface area contributed by atoms with Gasteiger partial charge in [-0.3, -0.25) is 0 Å². The van der Waals surface area contributed by atoms with Crippen LogP contribution >= 0.6 is 0 Å². The van der Waals surface area contributed by atoms with Gasteiger partial charge in [0.25, 0.3) is 0 Å². The molecule has 0 atom stereocenters. The van der Waals surface area contributed by atoms with Crippen molar-refractivity contribution in [3.8, 4) is 17.1 Å². The van der Waals surface area contributed by atoms with Crippen molar-refractivity contribution in [1.82, 2.24) is 0 Å². The monoisotopic (exact) mass is 426 g/mol. The Balaban J connectivity index is 1.87. The van der Waals surface area contributed by atoms with E-state index in [0.717, 1.165) is 12.2 Å². The van der Waals surface area contributed by atoms with E-state index >= 15 is 0 Å². The molecular weight excluding hydrogens is 403 g/mol. The minimum absolute atomic E-state index is 0.0164. The Kier molecular flexibility index (Phi) is 5.54. The van der Waals surface area contributed by atoms with E-state index in [4.69, 9.17) is 14.9 Å². The van der Waals surface area contributed by atoms with Crippen LogP contribution < -0.4 is 15.8 Å². The highest BCUT2D eigenvalue weighted by molar-refractivity contribution is 6.12. The van der Waals surface area contributed by atoms with Crippen LogP contribution in [-0.2, 0) is 4.74 Å². The van der Waals surface area contributed by atoms with Crippen molar-refractivity contribution in [1.29, 1.82) is 0 Å². The van der Waals surface area contributed by atoms with E-state index in [2.05, 4.69) is 10.1 Å². The molecule has 0 radical (unpaired) electrons. The zero-order valence-electron chi connectivity index (χ0n) is 17.2. The zero-order chi connectivity index (χ0) is 22.1. The fourth-order valence-corrected chi connectivity index (χ4v) is 3.34. The summed E-state index contributed by atoms with van der Waals surface area (Å²) in [4.78, 5) is 23.9. The summed E-state index contributed by atoms with van der Waals surface area (Å²) in [7, 11) is 0. The number of nitrogens with two attached hydrogens (primary N) is 1. The minimum atomic E-state index is -1.23. The molecule has 4 rings (SSSR count). The van der Waals surface area contributed by atoms with E-state index in [9.17, 15) is 14.0 Å². The SMILES string of the molecule is CC(C)Oc1cc2c(C(=O)OC(N)=O)c(-c3ccc(F)cc3)oc2cc1NCC1CC1. The molecule has 1 amide bonds. The quantitative estimate of drug-likeness (QED) is 0.403. The highest BCUT2D eigenvalue weighted by atomic mass is 19.1. The third-order valence-electron chi connectivity index (χ3n) is 4.93. The lowest BCUT2D eigenvalue weighted by Gasteiger charge is -2.16. The molecule has 0 spiro atoms. The number of halogens is 1. The molecule has 1 saturated carbocycles. The molecule has 0 unspecified atom stereocenters. The van der Waals surface area contributed by atoms with Gasteiger partial charge in [0.2, 0.25) is 0 Å². The molecule has 3 N–H and O–H groups in total. The molecule has 2 aromatic carbocycles. The largest absolute Gasteiger partial charge is 0.489 e. The third kappa shape index (κ3) is 4.63. The van der Waals surface area contributed by atoms with Crippen LogP contribution in [0.1, 0.15) is 37.0 Å². The molecule has 162 valence electrons. The fourth-order valence-electron chi connectivity index (χ4n) is 3.34. The summed E-state index contributed by atoms with van der Waals surface area (Å²) in [5.41, 5.74) is 6.65. The number of amides is 1. The Labute approximate surface area is 178 Å². The summed E-state index contributed by atoms with van der Waals surface area (Å²) < 4.78 is 30.0. The molecule has 1 fully saturated rings. The second kappa shape index (κ2) is 8.29. The Morgan fingerprint density at radius 2 is 1.94 bits per heavy atom. The number of fused-ring (bicyclic) bond motifs is 1. The summed E-state index contributed by atoms with van der Waals surface area (Å²) >= 11 is 0. The van der Waals surface area contributed by atoms with Crippen LogP contribution in [0, 0.1) is 11.7 Å². The van der Waals surface area contributed by atoms with Crippen molar-refractivity contribution in [2.75, 3.05) is 11.9 Å². The van der Waals surface area contributed by atoms with Gasteiger partial charge in [-0.1, -0.05) is 0 Å². The summed E-state index contributed by atoms with van der Waals surface area (Å²) in [5.74, 6) is -0.0611. The van der Waals surface area contributed by atoms with E-state index < -0.39 is 17.9 Å².